The lowest BCUT2D eigenvalue weighted by molar-refractivity contribution is -0.133. The van der Waals surface area contributed by atoms with E-state index in [9.17, 15) is 18.8 Å². The van der Waals surface area contributed by atoms with E-state index in [-0.39, 0.29) is 61.5 Å². The van der Waals surface area contributed by atoms with E-state index in [1.165, 1.54) is 22.7 Å². The molecule has 0 saturated carbocycles. The largest absolute Gasteiger partial charge is 0.461 e. The van der Waals surface area contributed by atoms with Gasteiger partial charge in [0.1, 0.15) is 17.0 Å². The summed E-state index contributed by atoms with van der Waals surface area (Å²) in [5, 5.41) is 4.10. The van der Waals surface area contributed by atoms with Gasteiger partial charge in [0.15, 0.2) is 21.8 Å². The molecule has 0 fully saturated rings. The zero-order chi connectivity index (χ0) is 27.3. The molecule has 4 aromatic rings. The average molecular weight is 587 g/mol. The summed E-state index contributed by atoms with van der Waals surface area (Å²) < 4.78 is 25.5. The van der Waals surface area contributed by atoms with E-state index in [1.54, 1.807) is 37.4 Å². The molecule has 0 aliphatic carbocycles. The van der Waals surface area contributed by atoms with Crippen LogP contribution in [0, 0.1) is 5.82 Å². The van der Waals surface area contributed by atoms with E-state index in [0.29, 0.717) is 44.0 Å². The Morgan fingerprint density at radius 1 is 1.27 bits per heavy atom. The maximum absolute atomic E-state index is 14.1. The SMILES string of the molecule is CCOC(=O)c1[nH]cc2c1NC1=C(C(=O)CN(C(=O)CN)C1)[C@H]2c1ccc(Sc2nc3c(F)cccc3[nH]2)o1.Cl. The first-order chi connectivity index (χ1) is 18.9. The lowest BCUT2D eigenvalue weighted by Crippen LogP contribution is -2.47. The minimum absolute atomic E-state index is 0. The van der Waals surface area contributed by atoms with Crippen LogP contribution in [0.5, 0.6) is 0 Å². The molecule has 5 N–H and O–H groups in total. The number of H-pyrrole nitrogens is 2. The number of hydrogen-bond donors (Lipinski definition) is 4. The van der Waals surface area contributed by atoms with Gasteiger partial charge in [-0.2, -0.15) is 0 Å². The van der Waals surface area contributed by atoms with Gasteiger partial charge in [-0.15, -0.1) is 12.4 Å². The highest BCUT2D eigenvalue weighted by Crippen LogP contribution is 2.46. The van der Waals surface area contributed by atoms with Crippen molar-refractivity contribution in [2.75, 3.05) is 31.6 Å². The van der Waals surface area contributed by atoms with Crippen LogP contribution in [-0.4, -0.2) is 63.8 Å². The summed E-state index contributed by atoms with van der Waals surface area (Å²) in [5.41, 5.74) is 8.52. The number of ketones is 1. The summed E-state index contributed by atoms with van der Waals surface area (Å²) in [6, 6.07) is 8.15. The molecular formula is C26H24ClFN6O5S. The van der Waals surface area contributed by atoms with E-state index >= 15 is 0 Å². The van der Waals surface area contributed by atoms with Gasteiger partial charge in [-0.05, 0) is 43.0 Å². The molecule has 0 bridgehead atoms. The number of Topliss-reactive ketones (excluding diaryl/α,β-unsaturated/α-hetero) is 1. The first kappa shape index (κ1) is 27.5. The summed E-state index contributed by atoms with van der Waals surface area (Å²) in [6.07, 6.45) is 1.64. The van der Waals surface area contributed by atoms with Gasteiger partial charge >= 0.3 is 5.97 Å². The van der Waals surface area contributed by atoms with Crippen LogP contribution in [0.4, 0.5) is 10.1 Å². The minimum Gasteiger partial charge on any atom is -0.461 e. The Hall–Kier alpha value is -4.07. The van der Waals surface area contributed by atoms with Crippen molar-refractivity contribution in [1.82, 2.24) is 19.9 Å². The molecule has 3 aromatic heterocycles. The van der Waals surface area contributed by atoms with Crippen molar-refractivity contribution in [3.05, 3.63) is 70.6 Å². The van der Waals surface area contributed by atoms with Crippen LogP contribution in [0.3, 0.4) is 0 Å². The number of halogens is 2. The summed E-state index contributed by atoms with van der Waals surface area (Å²) in [7, 11) is 0. The number of hydrogen-bond acceptors (Lipinski definition) is 9. The number of nitrogens with two attached hydrogens (primary N) is 1. The highest BCUT2D eigenvalue weighted by atomic mass is 35.5. The average Bonchev–Trinajstić information content (AvgIpc) is 3.66. The van der Waals surface area contributed by atoms with Crippen molar-refractivity contribution >= 4 is 58.5 Å². The molecule has 0 saturated heterocycles. The molecule has 2 aliphatic rings. The number of esters is 1. The zero-order valence-corrected chi connectivity index (χ0v) is 22.7. The Morgan fingerprint density at radius 2 is 2.10 bits per heavy atom. The number of carbonyl (C=O) groups is 3. The molecule has 5 heterocycles. The Morgan fingerprint density at radius 3 is 2.85 bits per heavy atom. The van der Waals surface area contributed by atoms with E-state index in [1.807, 2.05) is 0 Å². The van der Waals surface area contributed by atoms with E-state index < -0.39 is 17.7 Å². The zero-order valence-electron chi connectivity index (χ0n) is 21.1. The van der Waals surface area contributed by atoms with Crippen molar-refractivity contribution in [2.45, 2.75) is 23.1 Å². The fourth-order valence-corrected chi connectivity index (χ4v) is 5.70. The lowest BCUT2D eigenvalue weighted by atomic mass is 9.81. The second-order valence-electron chi connectivity index (χ2n) is 8.98. The molecule has 1 atom stereocenters. The minimum atomic E-state index is -0.652. The number of aromatic nitrogens is 3. The van der Waals surface area contributed by atoms with Crippen molar-refractivity contribution in [2.24, 2.45) is 5.73 Å². The monoisotopic (exact) mass is 586 g/mol. The van der Waals surface area contributed by atoms with Gasteiger partial charge in [0.05, 0.1) is 43.4 Å². The highest BCUT2D eigenvalue weighted by molar-refractivity contribution is 7.99. The molecule has 14 heteroatoms. The first-order valence-corrected chi connectivity index (χ1v) is 13.0. The van der Waals surface area contributed by atoms with Crippen LogP contribution in [-0.2, 0) is 14.3 Å². The number of para-hydroxylation sites is 1. The van der Waals surface area contributed by atoms with Crippen molar-refractivity contribution in [1.29, 1.82) is 0 Å². The summed E-state index contributed by atoms with van der Waals surface area (Å²) in [4.78, 5) is 50.1. The van der Waals surface area contributed by atoms with Crippen molar-refractivity contribution in [3.63, 3.8) is 0 Å². The van der Waals surface area contributed by atoms with Crippen LogP contribution in [0.15, 0.2) is 62.5 Å². The number of furan rings is 1. The predicted octanol–water partition coefficient (Wildman–Crippen LogP) is 3.55. The number of imidazole rings is 1. The Kier molecular flexibility index (Phi) is 7.45. The number of rotatable bonds is 6. The molecule has 0 spiro atoms. The smallest absolute Gasteiger partial charge is 0.356 e. The Balaban J connectivity index is 0.00000323. The van der Waals surface area contributed by atoms with Gasteiger partial charge in [0.25, 0.3) is 0 Å². The predicted molar refractivity (Wildman–Crippen MR) is 146 cm³/mol. The maximum atomic E-state index is 14.1. The molecule has 11 nitrogen and oxygen atoms in total. The highest BCUT2D eigenvalue weighted by Gasteiger charge is 2.41. The molecule has 0 radical (unpaired) electrons. The Labute approximate surface area is 237 Å². The topological polar surface area (TPSA) is 159 Å². The standard InChI is InChI=1S/C26H23FN6O5S.ClH/c1-2-37-25(36)24-22-12(9-29-24)20(21-15(30-22)10-33(11-16(21)34)18(35)8-28)17-6-7-19(38-17)39-26-31-14-5-3-4-13(27)23(14)32-26;/h3-7,9,20,29-30H,2,8,10-11,28H2,1H3,(H,31,32);1H/t20-;/m1./s1. The van der Waals surface area contributed by atoms with Crippen LogP contribution in [0.2, 0.25) is 0 Å². The quantitative estimate of drug-likeness (QED) is 0.248. The number of benzene rings is 1. The second kappa shape index (κ2) is 10.8. The molecule has 6 rings (SSSR count). The van der Waals surface area contributed by atoms with E-state index in [4.69, 9.17) is 14.9 Å². The molecule has 1 aromatic carbocycles. The van der Waals surface area contributed by atoms with Gasteiger partial charge in [-0.1, -0.05) is 6.07 Å². The van der Waals surface area contributed by atoms with Gasteiger partial charge in [0, 0.05) is 23.0 Å². The maximum Gasteiger partial charge on any atom is 0.356 e. The number of nitrogens with one attached hydrogen (secondary N) is 3. The van der Waals surface area contributed by atoms with Crippen molar-refractivity contribution < 1.29 is 27.9 Å². The normalized spacial score (nSPS) is 16.3. The Bertz CT molecular complexity index is 1680. The number of aromatic amines is 2. The van der Waals surface area contributed by atoms with E-state index in [2.05, 4.69) is 20.3 Å². The second-order valence-corrected chi connectivity index (χ2v) is 9.97. The molecule has 2 aliphatic heterocycles. The van der Waals surface area contributed by atoms with Crippen LogP contribution < -0.4 is 11.1 Å². The van der Waals surface area contributed by atoms with Crippen molar-refractivity contribution in [3.8, 4) is 0 Å². The fourth-order valence-electron chi connectivity index (χ4n) is 4.94. The van der Waals surface area contributed by atoms with E-state index in [0.717, 1.165) is 0 Å². The number of carbonyl (C=O) groups excluding carboxylic acids is 3. The number of fused-ring (bicyclic) bond motifs is 2. The van der Waals surface area contributed by atoms with Gasteiger partial charge < -0.3 is 35.1 Å². The summed E-state index contributed by atoms with van der Waals surface area (Å²) >= 11 is 1.18. The number of nitrogens with zero attached hydrogens (tertiary/aromatic N) is 2. The summed E-state index contributed by atoms with van der Waals surface area (Å²) in [6.45, 7) is 1.66. The first-order valence-electron chi connectivity index (χ1n) is 12.2. The third-order valence-electron chi connectivity index (χ3n) is 6.63. The van der Waals surface area contributed by atoms with Crippen LogP contribution >= 0.6 is 24.2 Å². The third kappa shape index (κ3) is 4.65. The third-order valence-corrected chi connectivity index (χ3v) is 7.44. The molecule has 1 amide bonds. The molecule has 208 valence electrons. The van der Waals surface area contributed by atoms with Gasteiger partial charge in [-0.25, -0.2) is 14.2 Å². The number of ether oxygens (including phenoxy) is 1. The molecular weight excluding hydrogens is 563 g/mol. The molecule has 0 unspecified atom stereocenters. The van der Waals surface area contributed by atoms with Gasteiger partial charge in [0.2, 0.25) is 5.91 Å². The number of anilines is 1. The van der Waals surface area contributed by atoms with Gasteiger partial charge in [-0.3, -0.25) is 9.59 Å². The fraction of sp³-hybridized carbons (Fsp3) is 0.231. The summed E-state index contributed by atoms with van der Waals surface area (Å²) in [5.74, 6) is -1.81. The lowest BCUT2D eigenvalue weighted by Gasteiger charge is -2.36. The molecule has 40 heavy (non-hydrogen) atoms. The van der Waals surface area contributed by atoms with Crippen LogP contribution in [0.1, 0.15) is 34.7 Å². The number of amides is 1. The van der Waals surface area contributed by atoms with Crippen LogP contribution in [0.25, 0.3) is 11.0 Å².